The van der Waals surface area contributed by atoms with E-state index in [2.05, 4.69) is 15.5 Å². The molecule has 0 atom stereocenters. The first-order valence-corrected chi connectivity index (χ1v) is 11.9. The lowest BCUT2D eigenvalue weighted by Crippen LogP contribution is -2.14. The summed E-state index contributed by atoms with van der Waals surface area (Å²) in [5, 5.41) is 12.8. The van der Waals surface area contributed by atoms with Gasteiger partial charge in [0.05, 0.1) is 46.6 Å². The smallest absolute Gasteiger partial charge is 0.256 e. The lowest BCUT2D eigenvalue weighted by Gasteiger charge is -2.11. The fraction of sp³-hybridized carbons (Fsp3) is 0.214. The summed E-state index contributed by atoms with van der Waals surface area (Å²) in [5.41, 5.74) is 6.39. The molecular weight excluding hydrogens is 455 g/mol. The van der Waals surface area contributed by atoms with Gasteiger partial charge in [-0.15, -0.1) is 0 Å². The number of benzene rings is 2. The number of carbonyl (C=O) groups excluding carboxylic acids is 1. The van der Waals surface area contributed by atoms with E-state index in [4.69, 9.17) is 4.98 Å². The van der Waals surface area contributed by atoms with E-state index in [1.54, 1.807) is 29.1 Å². The van der Waals surface area contributed by atoms with Gasteiger partial charge in [0.1, 0.15) is 5.82 Å². The zero-order valence-electron chi connectivity index (χ0n) is 20.7. The summed E-state index contributed by atoms with van der Waals surface area (Å²) in [6.07, 6.45) is 1.79. The molecule has 182 valence electrons. The SMILES string of the molecule is CCn1ncc(-c2cc(C(=O)Nc3c(C)nn(Cc4ccccc4F)c3C)c3ccccc3n2)c1C. The largest absolute Gasteiger partial charge is 0.319 e. The van der Waals surface area contributed by atoms with Crippen molar-refractivity contribution in [2.24, 2.45) is 0 Å². The van der Waals surface area contributed by atoms with Crippen molar-refractivity contribution in [2.45, 2.75) is 40.8 Å². The predicted octanol–water partition coefficient (Wildman–Crippen LogP) is 5.68. The second-order valence-electron chi connectivity index (χ2n) is 8.78. The Bertz CT molecular complexity index is 1600. The highest BCUT2D eigenvalue weighted by Gasteiger charge is 2.20. The Morgan fingerprint density at radius 3 is 2.50 bits per heavy atom. The van der Waals surface area contributed by atoms with E-state index >= 15 is 0 Å². The van der Waals surface area contributed by atoms with Crippen molar-refractivity contribution in [3.05, 3.63) is 94.8 Å². The van der Waals surface area contributed by atoms with Gasteiger partial charge >= 0.3 is 0 Å². The van der Waals surface area contributed by atoms with Crippen LogP contribution in [0.25, 0.3) is 22.2 Å². The Morgan fingerprint density at radius 1 is 1.00 bits per heavy atom. The number of halogens is 1. The molecule has 7 nitrogen and oxygen atoms in total. The number of rotatable bonds is 6. The van der Waals surface area contributed by atoms with Crippen molar-refractivity contribution in [3.8, 4) is 11.3 Å². The molecule has 1 amide bonds. The first-order chi connectivity index (χ1) is 17.4. The average molecular weight is 483 g/mol. The van der Waals surface area contributed by atoms with Gasteiger partial charge in [-0.05, 0) is 45.9 Å². The molecule has 5 rings (SSSR count). The second kappa shape index (κ2) is 9.37. The molecule has 0 bridgehead atoms. The number of para-hydroxylation sites is 1. The molecule has 0 aliphatic carbocycles. The van der Waals surface area contributed by atoms with Crippen LogP contribution >= 0.6 is 0 Å². The summed E-state index contributed by atoms with van der Waals surface area (Å²) in [6, 6.07) is 16.0. The third-order valence-corrected chi connectivity index (χ3v) is 6.54. The number of nitrogens with zero attached hydrogens (tertiary/aromatic N) is 5. The van der Waals surface area contributed by atoms with Crippen LogP contribution in [0, 0.1) is 26.6 Å². The molecule has 0 unspecified atom stereocenters. The van der Waals surface area contributed by atoms with E-state index in [1.165, 1.54) is 6.07 Å². The highest BCUT2D eigenvalue weighted by molar-refractivity contribution is 6.13. The summed E-state index contributed by atoms with van der Waals surface area (Å²) in [5.74, 6) is -0.542. The molecule has 36 heavy (non-hydrogen) atoms. The van der Waals surface area contributed by atoms with Crippen molar-refractivity contribution in [2.75, 3.05) is 5.32 Å². The summed E-state index contributed by atoms with van der Waals surface area (Å²) in [4.78, 5) is 18.4. The van der Waals surface area contributed by atoms with Crippen LogP contribution in [-0.2, 0) is 13.1 Å². The quantitative estimate of drug-likeness (QED) is 0.338. The van der Waals surface area contributed by atoms with Gasteiger partial charge in [-0.25, -0.2) is 9.37 Å². The zero-order valence-corrected chi connectivity index (χ0v) is 20.7. The monoisotopic (exact) mass is 482 g/mol. The standard InChI is InChI=1S/C28H27FN6O/c1-5-34-18(3)23(15-30-34)26-14-22(21-11-7-9-13-25(21)31-26)28(36)32-27-17(2)33-35(19(27)4)16-20-10-6-8-12-24(20)29/h6-15H,5,16H2,1-4H3,(H,32,36). The number of amides is 1. The average Bonchev–Trinajstić information content (AvgIpc) is 3.38. The Labute approximate surface area is 208 Å². The minimum Gasteiger partial charge on any atom is -0.319 e. The predicted molar refractivity (Wildman–Crippen MR) is 139 cm³/mol. The first kappa shape index (κ1) is 23.4. The van der Waals surface area contributed by atoms with Gasteiger partial charge in [-0.2, -0.15) is 10.2 Å². The Kier molecular flexibility index (Phi) is 6.10. The van der Waals surface area contributed by atoms with Crippen LogP contribution in [0.2, 0.25) is 0 Å². The van der Waals surface area contributed by atoms with Crippen LogP contribution in [0.4, 0.5) is 10.1 Å². The minimum absolute atomic E-state index is 0.257. The van der Waals surface area contributed by atoms with Gasteiger partial charge in [0, 0.05) is 28.8 Å². The van der Waals surface area contributed by atoms with Gasteiger partial charge < -0.3 is 5.32 Å². The minimum atomic E-state index is -0.284. The van der Waals surface area contributed by atoms with Gasteiger partial charge in [0.2, 0.25) is 0 Å². The van der Waals surface area contributed by atoms with E-state index in [-0.39, 0.29) is 18.3 Å². The van der Waals surface area contributed by atoms with Crippen LogP contribution in [0.3, 0.4) is 0 Å². The Hall–Kier alpha value is -4.33. The molecule has 2 aromatic carbocycles. The fourth-order valence-corrected chi connectivity index (χ4v) is 4.52. The van der Waals surface area contributed by atoms with Crippen molar-refractivity contribution < 1.29 is 9.18 Å². The van der Waals surface area contributed by atoms with Gasteiger partial charge in [-0.1, -0.05) is 36.4 Å². The van der Waals surface area contributed by atoms with Gasteiger partial charge in [-0.3, -0.25) is 14.2 Å². The second-order valence-corrected chi connectivity index (χ2v) is 8.78. The normalized spacial score (nSPS) is 11.2. The molecule has 5 aromatic rings. The van der Waals surface area contributed by atoms with E-state index in [0.717, 1.165) is 34.4 Å². The van der Waals surface area contributed by atoms with Crippen LogP contribution in [-0.4, -0.2) is 30.5 Å². The topological polar surface area (TPSA) is 77.6 Å². The summed E-state index contributed by atoms with van der Waals surface area (Å²) in [7, 11) is 0. The Morgan fingerprint density at radius 2 is 1.75 bits per heavy atom. The van der Waals surface area contributed by atoms with Crippen molar-refractivity contribution in [1.82, 2.24) is 24.5 Å². The number of aryl methyl sites for hydroxylation is 2. The Balaban J connectivity index is 1.52. The van der Waals surface area contributed by atoms with E-state index in [0.29, 0.717) is 28.2 Å². The molecule has 0 fully saturated rings. The number of hydrogen-bond acceptors (Lipinski definition) is 4. The van der Waals surface area contributed by atoms with Crippen LogP contribution < -0.4 is 5.32 Å². The maximum absolute atomic E-state index is 14.2. The molecule has 8 heteroatoms. The van der Waals surface area contributed by atoms with Crippen LogP contribution in [0.1, 0.15) is 39.9 Å². The number of aromatic nitrogens is 5. The van der Waals surface area contributed by atoms with Crippen LogP contribution in [0.15, 0.2) is 60.8 Å². The summed E-state index contributed by atoms with van der Waals surface area (Å²) >= 11 is 0. The molecular formula is C28H27FN6O. The number of nitrogens with one attached hydrogen (secondary N) is 1. The summed E-state index contributed by atoms with van der Waals surface area (Å²) < 4.78 is 17.8. The lowest BCUT2D eigenvalue weighted by molar-refractivity contribution is 0.102. The maximum atomic E-state index is 14.2. The fourth-order valence-electron chi connectivity index (χ4n) is 4.52. The van der Waals surface area contributed by atoms with E-state index in [9.17, 15) is 9.18 Å². The van der Waals surface area contributed by atoms with Crippen LogP contribution in [0.5, 0.6) is 0 Å². The molecule has 0 aliphatic rings. The van der Waals surface area contributed by atoms with Crippen molar-refractivity contribution in [1.29, 1.82) is 0 Å². The van der Waals surface area contributed by atoms with Crippen molar-refractivity contribution in [3.63, 3.8) is 0 Å². The number of hydrogen-bond donors (Lipinski definition) is 1. The maximum Gasteiger partial charge on any atom is 0.256 e. The molecule has 1 N–H and O–H groups in total. The van der Waals surface area contributed by atoms with Crippen molar-refractivity contribution >= 4 is 22.5 Å². The number of pyridine rings is 1. The summed E-state index contributed by atoms with van der Waals surface area (Å²) in [6.45, 7) is 8.77. The lowest BCUT2D eigenvalue weighted by atomic mass is 10.0. The third kappa shape index (κ3) is 4.15. The number of fused-ring (bicyclic) bond motifs is 1. The molecule has 0 spiro atoms. The van der Waals surface area contributed by atoms with Gasteiger partial charge in [0.25, 0.3) is 5.91 Å². The highest BCUT2D eigenvalue weighted by atomic mass is 19.1. The number of anilines is 1. The molecule has 0 saturated heterocycles. The van der Waals surface area contributed by atoms with E-state index in [1.807, 2.05) is 62.7 Å². The van der Waals surface area contributed by atoms with Gasteiger partial charge in [0.15, 0.2) is 0 Å². The first-order valence-electron chi connectivity index (χ1n) is 11.9. The molecule has 3 heterocycles. The molecule has 0 saturated carbocycles. The highest BCUT2D eigenvalue weighted by Crippen LogP contribution is 2.29. The van der Waals surface area contributed by atoms with E-state index < -0.39 is 0 Å². The zero-order chi connectivity index (χ0) is 25.4. The number of carbonyl (C=O) groups is 1. The molecule has 3 aromatic heterocycles. The third-order valence-electron chi connectivity index (χ3n) is 6.54. The molecule has 0 aliphatic heterocycles. The molecule has 0 radical (unpaired) electrons.